The molecule has 3 heterocycles. The maximum Gasteiger partial charge on any atom is 0.408 e. The van der Waals surface area contributed by atoms with Crippen molar-refractivity contribution in [1.82, 2.24) is 30.7 Å². The fourth-order valence-corrected chi connectivity index (χ4v) is 3.73. The Labute approximate surface area is 222 Å². The predicted octanol–water partition coefficient (Wildman–Crippen LogP) is 4.74. The van der Waals surface area contributed by atoms with Crippen molar-refractivity contribution in [2.24, 2.45) is 5.41 Å². The van der Waals surface area contributed by atoms with Crippen molar-refractivity contribution >= 4 is 46.8 Å². The molecule has 0 bridgehead atoms. The summed E-state index contributed by atoms with van der Waals surface area (Å²) in [6.45, 7) is 7.36. The first-order valence-electron chi connectivity index (χ1n) is 11.5. The van der Waals surface area contributed by atoms with E-state index in [1.807, 2.05) is 27.7 Å². The van der Waals surface area contributed by atoms with E-state index in [4.69, 9.17) is 32.4 Å². The average Bonchev–Trinajstić information content (AvgIpc) is 3.50. The average molecular weight is 552 g/mol. The second-order valence-corrected chi connectivity index (χ2v) is 10.0. The summed E-state index contributed by atoms with van der Waals surface area (Å²) in [6.07, 6.45) is 1.12. The number of anilines is 1. The summed E-state index contributed by atoms with van der Waals surface area (Å²) in [4.78, 5) is 42.0. The van der Waals surface area contributed by atoms with Crippen LogP contribution in [0.4, 0.5) is 10.6 Å². The molecule has 2 unspecified atom stereocenters. The largest absolute Gasteiger partial charge is 0.436 e. The molecule has 0 saturated heterocycles. The number of alkyl carbamates (subject to hydrolysis) is 1. The molecule has 0 aromatic carbocycles. The number of pyridine rings is 1. The number of ether oxygens (including phenoxy) is 1. The number of nitrogens with one attached hydrogen (secondary N) is 3. The zero-order valence-electron chi connectivity index (χ0n) is 20.7. The van der Waals surface area contributed by atoms with E-state index in [2.05, 4.69) is 36.0 Å². The highest BCUT2D eigenvalue weighted by molar-refractivity contribution is 6.42. The molecule has 0 radical (unpaired) electrons. The number of aromatic nitrogens is 5. The van der Waals surface area contributed by atoms with Gasteiger partial charge in [0, 0.05) is 17.0 Å². The summed E-state index contributed by atoms with van der Waals surface area (Å²) in [5.41, 5.74) is -0.232. The standard InChI is InChI=1S/C23H27Cl2N7O5/c1-5-6-7-13(17(33)19(34)29-16-8-9-26-30-16)27-22(35)36-18(23(2,3)4)21-32-31-20(37-21)12-10-14(24)28-15(25)11-12/h8-11,13,18H,5-7H2,1-4H3,(H,27,35)(H2,26,29,30,34). The van der Waals surface area contributed by atoms with Crippen molar-refractivity contribution in [3.63, 3.8) is 0 Å². The number of Topliss-reactive ketones (excluding diaryl/α,β-unsaturated/α-hetero) is 1. The van der Waals surface area contributed by atoms with E-state index < -0.39 is 35.3 Å². The van der Waals surface area contributed by atoms with Gasteiger partial charge in [0.2, 0.25) is 11.7 Å². The van der Waals surface area contributed by atoms with E-state index in [-0.39, 0.29) is 34.3 Å². The van der Waals surface area contributed by atoms with Crippen LogP contribution in [0.15, 0.2) is 28.8 Å². The number of aromatic amines is 1. The normalized spacial score (nSPS) is 13.0. The summed E-state index contributed by atoms with van der Waals surface area (Å²) in [6, 6.07) is 3.40. The molecular weight excluding hydrogens is 525 g/mol. The first-order chi connectivity index (χ1) is 17.5. The number of hydrogen-bond donors (Lipinski definition) is 3. The molecule has 3 rings (SSSR count). The molecule has 0 spiro atoms. The minimum Gasteiger partial charge on any atom is -0.436 e. The highest BCUT2D eigenvalue weighted by Crippen LogP contribution is 2.37. The molecule has 0 aliphatic heterocycles. The SMILES string of the molecule is CCCCC(NC(=O)OC(c1nnc(-c2cc(Cl)nc(Cl)c2)o1)C(C)(C)C)C(=O)C(=O)Nc1ccn[nH]1. The van der Waals surface area contributed by atoms with Crippen LogP contribution >= 0.6 is 23.2 Å². The quantitative estimate of drug-likeness (QED) is 0.238. The van der Waals surface area contributed by atoms with Crippen LogP contribution in [0.5, 0.6) is 0 Å². The molecule has 2 amide bonds. The Bertz CT molecular complexity index is 1220. The number of amides is 2. The van der Waals surface area contributed by atoms with Crippen LogP contribution in [-0.4, -0.2) is 49.2 Å². The number of nitrogens with zero attached hydrogens (tertiary/aromatic N) is 4. The van der Waals surface area contributed by atoms with Crippen molar-refractivity contribution in [2.75, 3.05) is 5.32 Å². The van der Waals surface area contributed by atoms with E-state index in [1.54, 1.807) is 0 Å². The zero-order chi connectivity index (χ0) is 27.2. The van der Waals surface area contributed by atoms with Gasteiger partial charge in [-0.15, -0.1) is 10.2 Å². The van der Waals surface area contributed by atoms with Crippen LogP contribution in [0, 0.1) is 5.41 Å². The van der Waals surface area contributed by atoms with Gasteiger partial charge in [0.1, 0.15) is 22.2 Å². The first-order valence-corrected chi connectivity index (χ1v) is 12.2. The third-order valence-corrected chi connectivity index (χ3v) is 5.50. The monoisotopic (exact) mass is 551 g/mol. The molecule has 3 N–H and O–H groups in total. The third kappa shape index (κ3) is 7.73. The van der Waals surface area contributed by atoms with Crippen LogP contribution in [0.2, 0.25) is 10.3 Å². The molecule has 14 heteroatoms. The van der Waals surface area contributed by atoms with Crippen molar-refractivity contribution in [1.29, 1.82) is 0 Å². The Morgan fingerprint density at radius 2 is 1.86 bits per heavy atom. The molecule has 0 fully saturated rings. The number of carbonyl (C=O) groups is 3. The number of carbonyl (C=O) groups excluding carboxylic acids is 3. The molecule has 3 aromatic heterocycles. The Balaban J connectivity index is 1.75. The number of halogens is 2. The molecule has 37 heavy (non-hydrogen) atoms. The van der Waals surface area contributed by atoms with E-state index in [0.29, 0.717) is 12.0 Å². The molecule has 0 aliphatic carbocycles. The van der Waals surface area contributed by atoms with Gasteiger partial charge < -0.3 is 19.8 Å². The van der Waals surface area contributed by atoms with E-state index in [1.165, 1.54) is 24.4 Å². The second kappa shape index (κ2) is 12.2. The predicted molar refractivity (Wildman–Crippen MR) is 135 cm³/mol. The third-order valence-electron chi connectivity index (χ3n) is 5.11. The minimum atomic E-state index is -1.10. The lowest BCUT2D eigenvalue weighted by Gasteiger charge is -2.28. The molecule has 0 saturated carbocycles. The van der Waals surface area contributed by atoms with Crippen LogP contribution in [-0.2, 0) is 14.3 Å². The van der Waals surface area contributed by atoms with Gasteiger partial charge in [0.25, 0.3) is 11.8 Å². The lowest BCUT2D eigenvalue weighted by atomic mass is 9.89. The van der Waals surface area contributed by atoms with Gasteiger partial charge in [0.15, 0.2) is 6.10 Å². The minimum absolute atomic E-state index is 0.0233. The van der Waals surface area contributed by atoms with Gasteiger partial charge in [-0.3, -0.25) is 14.7 Å². The number of ketones is 1. The lowest BCUT2D eigenvalue weighted by Crippen LogP contribution is -2.46. The van der Waals surface area contributed by atoms with Gasteiger partial charge in [-0.2, -0.15) is 5.10 Å². The smallest absolute Gasteiger partial charge is 0.408 e. The second-order valence-electron chi connectivity index (χ2n) is 9.23. The Morgan fingerprint density at radius 1 is 1.16 bits per heavy atom. The fourth-order valence-electron chi connectivity index (χ4n) is 3.27. The van der Waals surface area contributed by atoms with Crippen LogP contribution in [0.25, 0.3) is 11.5 Å². The maximum absolute atomic E-state index is 12.9. The Morgan fingerprint density at radius 3 is 2.46 bits per heavy atom. The number of rotatable bonds is 10. The van der Waals surface area contributed by atoms with Gasteiger partial charge in [0.05, 0.1) is 6.20 Å². The molecule has 2 atom stereocenters. The van der Waals surface area contributed by atoms with Crippen molar-refractivity contribution in [3.05, 3.63) is 40.6 Å². The van der Waals surface area contributed by atoms with Gasteiger partial charge >= 0.3 is 6.09 Å². The van der Waals surface area contributed by atoms with E-state index in [9.17, 15) is 14.4 Å². The summed E-state index contributed by atoms with van der Waals surface area (Å²) >= 11 is 11.9. The van der Waals surface area contributed by atoms with Gasteiger partial charge in [-0.05, 0) is 18.6 Å². The molecule has 0 aliphatic rings. The van der Waals surface area contributed by atoms with Crippen LogP contribution in [0.3, 0.4) is 0 Å². The molecular formula is C23H27Cl2N7O5. The zero-order valence-corrected chi connectivity index (χ0v) is 22.2. The van der Waals surface area contributed by atoms with Gasteiger partial charge in [-0.1, -0.05) is 63.7 Å². The van der Waals surface area contributed by atoms with E-state index >= 15 is 0 Å². The molecule has 3 aromatic rings. The summed E-state index contributed by atoms with van der Waals surface area (Å²) in [7, 11) is 0. The summed E-state index contributed by atoms with van der Waals surface area (Å²) < 4.78 is 11.4. The Hall–Kier alpha value is -3.51. The van der Waals surface area contributed by atoms with Crippen molar-refractivity contribution in [2.45, 2.75) is 59.1 Å². The van der Waals surface area contributed by atoms with Crippen molar-refractivity contribution in [3.8, 4) is 11.5 Å². The number of H-pyrrole nitrogens is 1. The van der Waals surface area contributed by atoms with Crippen molar-refractivity contribution < 1.29 is 23.5 Å². The fraction of sp³-hybridized carbons (Fsp3) is 0.435. The number of unbranched alkanes of at least 4 members (excludes halogenated alkanes) is 1. The molecule has 12 nitrogen and oxygen atoms in total. The Kier molecular flexibility index (Phi) is 9.22. The number of hydrogen-bond acceptors (Lipinski definition) is 9. The first kappa shape index (κ1) is 28.1. The topological polar surface area (TPSA) is 165 Å². The summed E-state index contributed by atoms with van der Waals surface area (Å²) in [5.74, 6) is -1.33. The van der Waals surface area contributed by atoms with E-state index in [0.717, 1.165) is 6.42 Å². The highest BCUT2D eigenvalue weighted by atomic mass is 35.5. The lowest BCUT2D eigenvalue weighted by molar-refractivity contribution is -0.136. The summed E-state index contributed by atoms with van der Waals surface area (Å²) in [5, 5.41) is 19.5. The van der Waals surface area contributed by atoms with Gasteiger partial charge in [-0.25, -0.2) is 9.78 Å². The maximum atomic E-state index is 12.9. The van der Waals surface area contributed by atoms with Crippen LogP contribution < -0.4 is 10.6 Å². The highest BCUT2D eigenvalue weighted by Gasteiger charge is 2.36. The molecule has 198 valence electrons. The van der Waals surface area contributed by atoms with Crippen LogP contribution in [0.1, 0.15) is 59.0 Å².